The van der Waals surface area contributed by atoms with Gasteiger partial charge in [-0.2, -0.15) is 0 Å². The van der Waals surface area contributed by atoms with Crippen LogP contribution in [0.25, 0.3) is 0 Å². The van der Waals surface area contributed by atoms with Crippen LogP contribution < -0.4 is 5.32 Å². The first-order valence-electron chi connectivity index (χ1n) is 6.30. The summed E-state index contributed by atoms with van der Waals surface area (Å²) in [6.07, 6.45) is 2.88. The SMILES string of the molecule is CCc1cccnc1CNCCOC(C)(C)C. The lowest BCUT2D eigenvalue weighted by atomic mass is 10.1. The summed E-state index contributed by atoms with van der Waals surface area (Å²) in [5.41, 5.74) is 2.41. The summed E-state index contributed by atoms with van der Waals surface area (Å²) in [6.45, 7) is 10.8. The van der Waals surface area contributed by atoms with E-state index in [1.165, 1.54) is 5.56 Å². The normalized spacial score (nSPS) is 11.8. The van der Waals surface area contributed by atoms with Crippen molar-refractivity contribution < 1.29 is 4.74 Å². The smallest absolute Gasteiger partial charge is 0.0599 e. The van der Waals surface area contributed by atoms with Gasteiger partial charge in [0.25, 0.3) is 0 Å². The van der Waals surface area contributed by atoms with Crippen LogP contribution in [-0.4, -0.2) is 23.7 Å². The minimum atomic E-state index is -0.0543. The molecular formula is C14H24N2O. The van der Waals surface area contributed by atoms with Gasteiger partial charge in [0, 0.05) is 19.3 Å². The van der Waals surface area contributed by atoms with Gasteiger partial charge in [0.15, 0.2) is 0 Å². The maximum Gasteiger partial charge on any atom is 0.0599 e. The molecule has 0 saturated carbocycles. The third-order valence-corrected chi connectivity index (χ3v) is 2.47. The van der Waals surface area contributed by atoms with E-state index >= 15 is 0 Å². The molecule has 1 rings (SSSR count). The van der Waals surface area contributed by atoms with Crippen LogP contribution in [0.5, 0.6) is 0 Å². The van der Waals surface area contributed by atoms with Crippen molar-refractivity contribution >= 4 is 0 Å². The molecule has 0 radical (unpaired) electrons. The molecule has 0 aliphatic heterocycles. The third-order valence-electron chi connectivity index (χ3n) is 2.47. The number of hydrogen-bond acceptors (Lipinski definition) is 3. The van der Waals surface area contributed by atoms with Gasteiger partial charge < -0.3 is 10.1 Å². The van der Waals surface area contributed by atoms with Gasteiger partial charge in [-0.25, -0.2) is 0 Å². The Morgan fingerprint density at radius 1 is 1.35 bits per heavy atom. The number of hydrogen-bond donors (Lipinski definition) is 1. The maximum absolute atomic E-state index is 5.64. The van der Waals surface area contributed by atoms with Crippen LogP contribution in [0.2, 0.25) is 0 Å². The molecule has 0 fully saturated rings. The molecule has 1 aromatic heterocycles. The van der Waals surface area contributed by atoms with Crippen molar-refractivity contribution in [2.24, 2.45) is 0 Å². The zero-order valence-electron chi connectivity index (χ0n) is 11.4. The maximum atomic E-state index is 5.64. The zero-order chi connectivity index (χ0) is 12.7. The van der Waals surface area contributed by atoms with Gasteiger partial charge in [-0.15, -0.1) is 0 Å². The van der Waals surface area contributed by atoms with Crippen LogP contribution in [0.4, 0.5) is 0 Å². The number of aryl methyl sites for hydroxylation is 1. The highest BCUT2D eigenvalue weighted by Crippen LogP contribution is 2.06. The summed E-state index contributed by atoms with van der Waals surface area (Å²) in [6, 6.07) is 4.13. The fourth-order valence-corrected chi connectivity index (χ4v) is 1.59. The molecule has 96 valence electrons. The molecule has 0 amide bonds. The molecule has 0 aromatic carbocycles. The fraction of sp³-hybridized carbons (Fsp3) is 0.643. The Hall–Kier alpha value is -0.930. The Kier molecular flexibility index (Phi) is 5.59. The molecule has 1 N–H and O–H groups in total. The average molecular weight is 236 g/mol. The van der Waals surface area contributed by atoms with Crippen LogP contribution in [-0.2, 0) is 17.7 Å². The Morgan fingerprint density at radius 3 is 2.76 bits per heavy atom. The van der Waals surface area contributed by atoms with Gasteiger partial charge in [0.05, 0.1) is 17.9 Å². The Labute approximate surface area is 105 Å². The molecule has 1 heterocycles. The van der Waals surface area contributed by atoms with Crippen LogP contribution >= 0.6 is 0 Å². The zero-order valence-corrected chi connectivity index (χ0v) is 11.4. The lowest BCUT2D eigenvalue weighted by molar-refractivity contribution is -0.000910. The largest absolute Gasteiger partial charge is 0.375 e. The summed E-state index contributed by atoms with van der Waals surface area (Å²) in [7, 11) is 0. The number of nitrogens with zero attached hydrogens (tertiary/aromatic N) is 1. The number of pyridine rings is 1. The molecule has 0 aliphatic carbocycles. The van der Waals surface area contributed by atoms with Crippen molar-refractivity contribution in [1.29, 1.82) is 0 Å². The highest BCUT2D eigenvalue weighted by atomic mass is 16.5. The van der Waals surface area contributed by atoms with Crippen molar-refractivity contribution in [3.8, 4) is 0 Å². The molecule has 0 bridgehead atoms. The number of rotatable bonds is 6. The topological polar surface area (TPSA) is 34.2 Å². The van der Waals surface area contributed by atoms with E-state index in [0.717, 1.165) is 31.8 Å². The van der Waals surface area contributed by atoms with Crippen LogP contribution in [0.3, 0.4) is 0 Å². The van der Waals surface area contributed by atoms with E-state index in [1.54, 1.807) is 0 Å². The molecule has 17 heavy (non-hydrogen) atoms. The lowest BCUT2D eigenvalue weighted by Crippen LogP contribution is -2.26. The quantitative estimate of drug-likeness (QED) is 0.771. The first kappa shape index (κ1) is 14.1. The molecule has 1 aromatic rings. The number of aromatic nitrogens is 1. The van der Waals surface area contributed by atoms with Gasteiger partial charge in [0.2, 0.25) is 0 Å². The van der Waals surface area contributed by atoms with E-state index < -0.39 is 0 Å². The van der Waals surface area contributed by atoms with Crippen molar-refractivity contribution in [1.82, 2.24) is 10.3 Å². The number of ether oxygens (including phenoxy) is 1. The highest BCUT2D eigenvalue weighted by Gasteiger charge is 2.08. The molecular weight excluding hydrogens is 212 g/mol. The predicted molar refractivity (Wildman–Crippen MR) is 71.0 cm³/mol. The highest BCUT2D eigenvalue weighted by molar-refractivity contribution is 5.19. The Bertz CT molecular complexity index is 331. The third kappa shape index (κ3) is 5.80. The first-order valence-corrected chi connectivity index (χ1v) is 6.30. The fourth-order valence-electron chi connectivity index (χ4n) is 1.59. The van der Waals surface area contributed by atoms with Gasteiger partial charge in [-0.3, -0.25) is 4.98 Å². The van der Waals surface area contributed by atoms with Crippen molar-refractivity contribution in [2.45, 2.75) is 46.3 Å². The summed E-state index contributed by atoms with van der Waals surface area (Å²) >= 11 is 0. The standard InChI is InChI=1S/C14H24N2O/c1-5-12-7-6-8-16-13(12)11-15-9-10-17-14(2,3)4/h6-8,15H,5,9-11H2,1-4H3. The van der Waals surface area contributed by atoms with E-state index in [-0.39, 0.29) is 5.60 Å². The van der Waals surface area contributed by atoms with E-state index in [9.17, 15) is 0 Å². The van der Waals surface area contributed by atoms with Gasteiger partial charge in [-0.1, -0.05) is 13.0 Å². The minimum absolute atomic E-state index is 0.0543. The first-order chi connectivity index (χ1) is 8.03. The van der Waals surface area contributed by atoms with Gasteiger partial charge in [-0.05, 0) is 38.8 Å². The predicted octanol–water partition coefficient (Wildman–Crippen LogP) is 2.55. The van der Waals surface area contributed by atoms with Crippen molar-refractivity contribution in [3.05, 3.63) is 29.6 Å². The molecule has 0 unspecified atom stereocenters. The summed E-state index contributed by atoms with van der Waals surface area (Å²) in [4.78, 5) is 4.39. The number of nitrogens with one attached hydrogen (secondary N) is 1. The second-order valence-corrected chi connectivity index (χ2v) is 5.10. The van der Waals surface area contributed by atoms with E-state index in [0.29, 0.717) is 0 Å². The molecule has 0 aliphatic rings. The van der Waals surface area contributed by atoms with Crippen molar-refractivity contribution in [3.63, 3.8) is 0 Å². The summed E-state index contributed by atoms with van der Waals surface area (Å²) in [5, 5.41) is 3.36. The molecule has 3 nitrogen and oxygen atoms in total. The van der Waals surface area contributed by atoms with Gasteiger partial charge in [0.1, 0.15) is 0 Å². The summed E-state index contributed by atoms with van der Waals surface area (Å²) in [5.74, 6) is 0. The second kappa shape index (κ2) is 6.72. The van der Waals surface area contributed by atoms with Crippen LogP contribution in [0.1, 0.15) is 39.0 Å². The average Bonchev–Trinajstić information content (AvgIpc) is 2.27. The van der Waals surface area contributed by atoms with E-state index in [1.807, 2.05) is 12.3 Å². The molecule has 0 atom stereocenters. The Morgan fingerprint density at radius 2 is 2.12 bits per heavy atom. The van der Waals surface area contributed by atoms with Crippen molar-refractivity contribution in [2.75, 3.05) is 13.2 Å². The molecule has 0 saturated heterocycles. The minimum Gasteiger partial charge on any atom is -0.375 e. The molecule has 3 heteroatoms. The molecule has 0 spiro atoms. The van der Waals surface area contributed by atoms with Gasteiger partial charge >= 0.3 is 0 Å². The second-order valence-electron chi connectivity index (χ2n) is 5.10. The van der Waals surface area contributed by atoms with Crippen LogP contribution in [0.15, 0.2) is 18.3 Å². The van der Waals surface area contributed by atoms with E-state index in [2.05, 4.69) is 44.1 Å². The van der Waals surface area contributed by atoms with Crippen LogP contribution in [0, 0.1) is 0 Å². The Balaban J connectivity index is 2.27. The van der Waals surface area contributed by atoms with E-state index in [4.69, 9.17) is 4.74 Å². The lowest BCUT2D eigenvalue weighted by Gasteiger charge is -2.19. The summed E-state index contributed by atoms with van der Waals surface area (Å²) < 4.78 is 5.64. The monoisotopic (exact) mass is 236 g/mol.